The monoisotopic (exact) mass is 306 g/mol. The third-order valence-corrected chi connectivity index (χ3v) is 5.32. The van der Waals surface area contributed by atoms with E-state index in [0.29, 0.717) is 17.5 Å². The van der Waals surface area contributed by atoms with Gasteiger partial charge in [-0.3, -0.25) is 9.59 Å². The highest BCUT2D eigenvalue weighted by Gasteiger charge is 2.43. The van der Waals surface area contributed by atoms with Gasteiger partial charge in [-0.2, -0.15) is 11.3 Å². The Balaban J connectivity index is 1.36. The van der Waals surface area contributed by atoms with Crippen LogP contribution in [0.4, 0.5) is 0 Å². The molecule has 0 aromatic carbocycles. The van der Waals surface area contributed by atoms with Crippen molar-refractivity contribution in [2.24, 2.45) is 11.8 Å². The lowest BCUT2D eigenvalue weighted by atomic mass is 9.85. The maximum atomic E-state index is 11.9. The van der Waals surface area contributed by atoms with Crippen molar-refractivity contribution < 1.29 is 9.59 Å². The summed E-state index contributed by atoms with van der Waals surface area (Å²) in [6.07, 6.45) is 7.83. The molecule has 0 saturated heterocycles. The van der Waals surface area contributed by atoms with Crippen molar-refractivity contribution in [1.29, 1.82) is 0 Å². The molecular formula is C16H22N2O2S. The fraction of sp³-hybridized carbons (Fsp3) is 0.625. The van der Waals surface area contributed by atoms with Crippen molar-refractivity contribution in [3.8, 4) is 0 Å². The minimum atomic E-state index is -0.175. The molecular weight excluding hydrogens is 284 g/mol. The van der Waals surface area contributed by atoms with Gasteiger partial charge < -0.3 is 10.6 Å². The average molecular weight is 306 g/mol. The van der Waals surface area contributed by atoms with E-state index in [1.807, 2.05) is 5.38 Å². The third-order valence-electron chi connectivity index (χ3n) is 4.63. The summed E-state index contributed by atoms with van der Waals surface area (Å²) in [7, 11) is 0. The summed E-state index contributed by atoms with van der Waals surface area (Å²) in [4.78, 5) is 23.6. The van der Waals surface area contributed by atoms with E-state index in [-0.39, 0.29) is 18.4 Å². The van der Waals surface area contributed by atoms with Gasteiger partial charge in [0.05, 0.1) is 6.54 Å². The van der Waals surface area contributed by atoms with Crippen molar-refractivity contribution in [1.82, 2.24) is 10.6 Å². The minimum Gasteiger partial charge on any atom is -0.352 e. The number of hydrogen-bond acceptors (Lipinski definition) is 3. The molecule has 1 aromatic heterocycles. The van der Waals surface area contributed by atoms with Gasteiger partial charge >= 0.3 is 0 Å². The van der Waals surface area contributed by atoms with E-state index >= 15 is 0 Å². The Kier molecular flexibility index (Phi) is 4.58. The van der Waals surface area contributed by atoms with E-state index in [9.17, 15) is 9.59 Å². The molecule has 2 fully saturated rings. The fourth-order valence-electron chi connectivity index (χ4n) is 3.38. The fourth-order valence-corrected chi connectivity index (χ4v) is 4.01. The minimum absolute atomic E-state index is 0.0677. The Labute approximate surface area is 129 Å². The van der Waals surface area contributed by atoms with E-state index in [1.165, 1.54) is 43.4 Å². The third kappa shape index (κ3) is 3.84. The molecule has 114 valence electrons. The van der Waals surface area contributed by atoms with Gasteiger partial charge in [-0.1, -0.05) is 32.1 Å². The van der Waals surface area contributed by atoms with Crippen molar-refractivity contribution >= 4 is 23.2 Å². The number of hydrogen-bond donors (Lipinski definition) is 2. The second-order valence-corrected chi connectivity index (χ2v) is 6.95. The van der Waals surface area contributed by atoms with Gasteiger partial charge in [0.15, 0.2) is 0 Å². The molecule has 0 bridgehead atoms. The molecule has 2 N–H and O–H groups in total. The van der Waals surface area contributed by atoms with Crippen LogP contribution >= 0.6 is 11.3 Å². The average Bonchev–Trinajstić information content (AvgIpc) is 3.04. The molecule has 3 rings (SSSR count). The van der Waals surface area contributed by atoms with Gasteiger partial charge in [0.2, 0.25) is 5.91 Å². The predicted molar refractivity (Wildman–Crippen MR) is 83.3 cm³/mol. The van der Waals surface area contributed by atoms with E-state index in [0.717, 1.165) is 12.3 Å². The molecule has 0 unspecified atom stereocenters. The molecule has 2 amide bonds. The summed E-state index contributed by atoms with van der Waals surface area (Å²) < 4.78 is 0. The van der Waals surface area contributed by atoms with Crippen molar-refractivity contribution in [3.63, 3.8) is 0 Å². The van der Waals surface area contributed by atoms with Gasteiger partial charge in [-0.05, 0) is 29.7 Å². The second-order valence-electron chi connectivity index (χ2n) is 6.17. The van der Waals surface area contributed by atoms with E-state index in [1.54, 1.807) is 11.4 Å². The normalized spacial score (nSPS) is 25.3. The Morgan fingerprint density at radius 1 is 1.24 bits per heavy atom. The summed E-state index contributed by atoms with van der Waals surface area (Å²) in [5.41, 5.74) is 0.624. The molecule has 0 aliphatic heterocycles. The van der Waals surface area contributed by atoms with Crippen LogP contribution in [-0.2, 0) is 4.79 Å². The first kappa shape index (κ1) is 14.6. The summed E-state index contributed by atoms with van der Waals surface area (Å²) in [6.45, 7) is 0.0720. The maximum absolute atomic E-state index is 11.9. The topological polar surface area (TPSA) is 58.2 Å². The van der Waals surface area contributed by atoms with E-state index < -0.39 is 0 Å². The Hall–Kier alpha value is -1.36. The van der Waals surface area contributed by atoms with Crippen LogP contribution in [0.2, 0.25) is 0 Å². The van der Waals surface area contributed by atoms with E-state index in [2.05, 4.69) is 10.6 Å². The molecule has 4 nitrogen and oxygen atoms in total. The molecule has 2 saturated carbocycles. The Bertz CT molecular complexity index is 494. The summed E-state index contributed by atoms with van der Waals surface area (Å²) in [5.74, 6) is 1.25. The van der Waals surface area contributed by atoms with E-state index in [4.69, 9.17) is 0 Å². The lowest BCUT2D eigenvalue weighted by Crippen LogP contribution is -2.38. The smallest absolute Gasteiger partial charge is 0.252 e. The first-order valence-electron chi connectivity index (χ1n) is 7.84. The maximum Gasteiger partial charge on any atom is 0.252 e. The van der Waals surface area contributed by atoms with Gasteiger partial charge in [0, 0.05) is 17.0 Å². The summed E-state index contributed by atoms with van der Waals surface area (Å²) in [5, 5.41) is 9.36. The number of rotatable bonds is 5. The summed E-state index contributed by atoms with van der Waals surface area (Å²) >= 11 is 1.48. The number of carbonyl (C=O) groups is 2. The van der Waals surface area contributed by atoms with Gasteiger partial charge in [0.25, 0.3) is 5.91 Å². The largest absolute Gasteiger partial charge is 0.352 e. The predicted octanol–water partition coefficient (Wildman–Crippen LogP) is 2.56. The molecule has 2 aliphatic rings. The number of carbonyl (C=O) groups excluding carboxylic acids is 2. The molecule has 0 spiro atoms. The molecule has 1 aromatic rings. The lowest BCUT2D eigenvalue weighted by molar-refractivity contribution is -0.120. The van der Waals surface area contributed by atoms with Crippen LogP contribution in [0.5, 0.6) is 0 Å². The van der Waals surface area contributed by atoms with Crippen molar-refractivity contribution in [3.05, 3.63) is 22.4 Å². The quantitative estimate of drug-likeness (QED) is 0.878. The number of amides is 2. The van der Waals surface area contributed by atoms with Crippen LogP contribution in [0, 0.1) is 11.8 Å². The molecule has 0 radical (unpaired) electrons. The molecule has 5 heteroatoms. The van der Waals surface area contributed by atoms with Crippen LogP contribution in [0.25, 0.3) is 0 Å². The van der Waals surface area contributed by atoms with Gasteiger partial charge in [-0.15, -0.1) is 0 Å². The number of nitrogens with one attached hydrogen (secondary N) is 2. The highest BCUT2D eigenvalue weighted by atomic mass is 32.1. The van der Waals surface area contributed by atoms with Gasteiger partial charge in [0.1, 0.15) is 0 Å². The zero-order valence-electron chi connectivity index (χ0n) is 12.1. The van der Waals surface area contributed by atoms with Gasteiger partial charge in [-0.25, -0.2) is 0 Å². The number of thiophene rings is 1. The Morgan fingerprint density at radius 2 is 2.05 bits per heavy atom. The highest BCUT2D eigenvalue weighted by molar-refractivity contribution is 7.08. The van der Waals surface area contributed by atoms with Crippen molar-refractivity contribution in [2.75, 3.05) is 6.54 Å². The molecule has 1 heterocycles. The van der Waals surface area contributed by atoms with Crippen LogP contribution in [0.15, 0.2) is 16.8 Å². The molecule has 2 atom stereocenters. The lowest BCUT2D eigenvalue weighted by Gasteiger charge is -2.21. The van der Waals surface area contributed by atoms with Crippen LogP contribution in [-0.4, -0.2) is 24.4 Å². The Morgan fingerprint density at radius 3 is 2.76 bits per heavy atom. The van der Waals surface area contributed by atoms with Crippen LogP contribution < -0.4 is 10.6 Å². The first-order chi connectivity index (χ1) is 10.2. The zero-order valence-corrected chi connectivity index (χ0v) is 13.0. The highest BCUT2D eigenvalue weighted by Crippen LogP contribution is 2.44. The summed E-state index contributed by atoms with van der Waals surface area (Å²) in [6, 6.07) is 2.11. The SMILES string of the molecule is O=C(CNC(=O)c1ccsc1)N[C@H]1C[C@H]1C1CCCCC1. The van der Waals surface area contributed by atoms with Crippen molar-refractivity contribution in [2.45, 2.75) is 44.6 Å². The molecule has 2 aliphatic carbocycles. The molecule has 21 heavy (non-hydrogen) atoms. The standard InChI is InChI=1S/C16H22N2O2S/c19-15(9-17-16(20)12-6-7-21-10-12)18-14-8-13(14)11-4-2-1-3-5-11/h6-7,10-11,13-14H,1-5,8-9H2,(H,17,20)(H,18,19)/t13-,14-/m0/s1. The first-order valence-corrected chi connectivity index (χ1v) is 8.78. The zero-order chi connectivity index (χ0) is 14.7. The second kappa shape index (κ2) is 6.60. The van der Waals surface area contributed by atoms with Crippen LogP contribution in [0.3, 0.4) is 0 Å². The van der Waals surface area contributed by atoms with Crippen LogP contribution in [0.1, 0.15) is 48.9 Å².